The standard InChI is InChI=1S/C17H13N/c18-12-13-5-7-15(8-6-13)17-10-9-14-3-1-2-4-16(14)11-17/h1-2,4-11,14H,3H2. The van der Waals surface area contributed by atoms with E-state index in [4.69, 9.17) is 5.26 Å². The van der Waals surface area contributed by atoms with Crippen LogP contribution in [0.2, 0.25) is 0 Å². The Bertz CT molecular complexity index is 619. The average molecular weight is 231 g/mol. The lowest BCUT2D eigenvalue weighted by Crippen LogP contribution is -2.05. The molecule has 1 nitrogen and oxygen atoms in total. The predicted octanol–water partition coefficient (Wildman–Crippen LogP) is 4.01. The van der Waals surface area contributed by atoms with Crippen LogP contribution in [0.3, 0.4) is 0 Å². The van der Waals surface area contributed by atoms with Crippen LogP contribution in [0.5, 0.6) is 0 Å². The normalized spacial score (nSPS) is 20.7. The van der Waals surface area contributed by atoms with Gasteiger partial charge in [0.05, 0.1) is 11.6 Å². The molecule has 3 rings (SSSR count). The molecule has 0 saturated carbocycles. The van der Waals surface area contributed by atoms with Crippen LogP contribution in [0.25, 0.3) is 5.57 Å². The number of benzene rings is 1. The molecule has 0 bridgehead atoms. The maximum atomic E-state index is 8.80. The number of nitriles is 1. The number of rotatable bonds is 1. The van der Waals surface area contributed by atoms with Crippen molar-refractivity contribution in [3.8, 4) is 6.07 Å². The van der Waals surface area contributed by atoms with Crippen LogP contribution in [-0.4, -0.2) is 0 Å². The summed E-state index contributed by atoms with van der Waals surface area (Å²) in [5.74, 6) is 0.539. The van der Waals surface area contributed by atoms with Crippen LogP contribution in [0, 0.1) is 17.2 Å². The predicted molar refractivity (Wildman–Crippen MR) is 73.6 cm³/mol. The van der Waals surface area contributed by atoms with Gasteiger partial charge in [-0.2, -0.15) is 5.26 Å². The second-order valence-electron chi connectivity index (χ2n) is 4.58. The average Bonchev–Trinajstić information content (AvgIpc) is 2.47. The fourth-order valence-electron chi connectivity index (χ4n) is 2.37. The Hall–Kier alpha value is -2.33. The van der Waals surface area contributed by atoms with Gasteiger partial charge in [0.25, 0.3) is 0 Å². The van der Waals surface area contributed by atoms with Crippen molar-refractivity contribution in [1.82, 2.24) is 0 Å². The van der Waals surface area contributed by atoms with Gasteiger partial charge < -0.3 is 0 Å². The third-order valence-electron chi connectivity index (χ3n) is 3.42. The van der Waals surface area contributed by atoms with Crippen molar-refractivity contribution in [2.75, 3.05) is 0 Å². The summed E-state index contributed by atoms with van der Waals surface area (Å²) in [7, 11) is 0. The van der Waals surface area contributed by atoms with E-state index in [2.05, 4.69) is 42.5 Å². The Morgan fingerprint density at radius 3 is 2.78 bits per heavy atom. The van der Waals surface area contributed by atoms with Crippen LogP contribution in [-0.2, 0) is 0 Å². The molecule has 1 atom stereocenters. The summed E-state index contributed by atoms with van der Waals surface area (Å²) in [5, 5.41) is 8.80. The van der Waals surface area contributed by atoms with Gasteiger partial charge in [0.1, 0.15) is 0 Å². The second kappa shape index (κ2) is 4.50. The fourth-order valence-corrected chi connectivity index (χ4v) is 2.37. The van der Waals surface area contributed by atoms with E-state index in [0.29, 0.717) is 11.5 Å². The van der Waals surface area contributed by atoms with Crippen molar-refractivity contribution in [3.63, 3.8) is 0 Å². The number of hydrogen-bond donors (Lipinski definition) is 0. The first-order valence-electron chi connectivity index (χ1n) is 6.14. The molecule has 0 N–H and O–H groups in total. The summed E-state index contributed by atoms with van der Waals surface area (Å²) < 4.78 is 0. The third-order valence-corrected chi connectivity index (χ3v) is 3.42. The molecule has 0 aromatic heterocycles. The van der Waals surface area contributed by atoms with E-state index in [-0.39, 0.29) is 0 Å². The molecule has 0 aliphatic heterocycles. The molecule has 0 fully saturated rings. The molecule has 86 valence electrons. The Morgan fingerprint density at radius 2 is 2.00 bits per heavy atom. The van der Waals surface area contributed by atoms with E-state index in [1.807, 2.05) is 24.3 Å². The molecule has 1 heteroatoms. The third kappa shape index (κ3) is 1.94. The first-order chi connectivity index (χ1) is 8.86. The lowest BCUT2D eigenvalue weighted by atomic mass is 9.84. The van der Waals surface area contributed by atoms with Crippen molar-refractivity contribution < 1.29 is 0 Å². The fraction of sp³-hybridized carbons (Fsp3) is 0.118. The molecule has 0 radical (unpaired) electrons. The molecule has 1 aromatic carbocycles. The molecular weight excluding hydrogens is 218 g/mol. The highest BCUT2D eigenvalue weighted by atomic mass is 14.2. The zero-order valence-corrected chi connectivity index (χ0v) is 10.0. The molecule has 1 aromatic rings. The van der Waals surface area contributed by atoms with Crippen molar-refractivity contribution in [2.45, 2.75) is 6.42 Å². The van der Waals surface area contributed by atoms with Gasteiger partial charge in [0.2, 0.25) is 0 Å². The zero-order valence-electron chi connectivity index (χ0n) is 10.0. The maximum Gasteiger partial charge on any atom is 0.0991 e. The quantitative estimate of drug-likeness (QED) is 0.716. The largest absolute Gasteiger partial charge is 0.192 e. The van der Waals surface area contributed by atoms with Gasteiger partial charge in [0, 0.05) is 5.92 Å². The van der Waals surface area contributed by atoms with E-state index in [9.17, 15) is 0 Å². The summed E-state index contributed by atoms with van der Waals surface area (Å²) in [5.41, 5.74) is 4.47. The Balaban J connectivity index is 1.95. The summed E-state index contributed by atoms with van der Waals surface area (Å²) in [4.78, 5) is 0. The van der Waals surface area contributed by atoms with Gasteiger partial charge in [-0.05, 0) is 35.3 Å². The molecular formula is C17H13N. The van der Waals surface area contributed by atoms with Gasteiger partial charge in [-0.3, -0.25) is 0 Å². The number of allylic oxidation sites excluding steroid dienone is 8. The summed E-state index contributed by atoms with van der Waals surface area (Å²) in [6.07, 6.45) is 14.3. The molecule has 18 heavy (non-hydrogen) atoms. The highest BCUT2D eigenvalue weighted by molar-refractivity contribution is 5.78. The van der Waals surface area contributed by atoms with E-state index in [1.165, 1.54) is 16.7 Å². The Morgan fingerprint density at radius 1 is 1.17 bits per heavy atom. The number of hydrogen-bond acceptors (Lipinski definition) is 1. The monoisotopic (exact) mass is 231 g/mol. The minimum absolute atomic E-state index is 0.539. The first kappa shape index (κ1) is 10.8. The van der Waals surface area contributed by atoms with E-state index in [0.717, 1.165) is 6.42 Å². The lowest BCUT2D eigenvalue weighted by Gasteiger charge is -2.20. The van der Waals surface area contributed by atoms with Crippen LogP contribution in [0.1, 0.15) is 17.5 Å². The first-order valence-corrected chi connectivity index (χ1v) is 6.14. The van der Waals surface area contributed by atoms with Gasteiger partial charge in [0.15, 0.2) is 0 Å². The smallest absolute Gasteiger partial charge is 0.0991 e. The molecule has 0 saturated heterocycles. The SMILES string of the molecule is N#Cc1ccc(C2=CC3=CC=CCC3C=C2)cc1. The lowest BCUT2D eigenvalue weighted by molar-refractivity contribution is 0.781. The van der Waals surface area contributed by atoms with E-state index in [1.54, 1.807) is 0 Å². The Labute approximate surface area is 107 Å². The molecule has 1 unspecified atom stereocenters. The van der Waals surface area contributed by atoms with Crippen LogP contribution < -0.4 is 0 Å². The number of nitrogens with zero attached hydrogens (tertiary/aromatic N) is 1. The van der Waals surface area contributed by atoms with Crippen LogP contribution in [0.4, 0.5) is 0 Å². The number of fused-ring (bicyclic) bond motifs is 1. The summed E-state index contributed by atoms with van der Waals surface area (Å²) in [6, 6.07) is 9.89. The molecule has 0 spiro atoms. The highest BCUT2D eigenvalue weighted by Gasteiger charge is 2.15. The molecule has 0 heterocycles. The minimum Gasteiger partial charge on any atom is -0.192 e. The van der Waals surface area contributed by atoms with E-state index < -0.39 is 0 Å². The van der Waals surface area contributed by atoms with E-state index >= 15 is 0 Å². The second-order valence-corrected chi connectivity index (χ2v) is 4.58. The van der Waals surface area contributed by atoms with Gasteiger partial charge in [-0.1, -0.05) is 48.6 Å². The Kier molecular flexibility index (Phi) is 2.70. The maximum absolute atomic E-state index is 8.80. The van der Waals surface area contributed by atoms with Crippen LogP contribution in [0.15, 0.2) is 66.3 Å². The van der Waals surface area contributed by atoms with Gasteiger partial charge >= 0.3 is 0 Å². The van der Waals surface area contributed by atoms with Crippen molar-refractivity contribution in [3.05, 3.63) is 77.4 Å². The molecule has 2 aliphatic rings. The van der Waals surface area contributed by atoms with Gasteiger partial charge in [-0.25, -0.2) is 0 Å². The van der Waals surface area contributed by atoms with Crippen molar-refractivity contribution >= 4 is 5.57 Å². The highest BCUT2D eigenvalue weighted by Crippen LogP contribution is 2.32. The topological polar surface area (TPSA) is 23.8 Å². The zero-order chi connectivity index (χ0) is 12.4. The molecule has 0 amide bonds. The minimum atomic E-state index is 0.539. The van der Waals surface area contributed by atoms with Crippen molar-refractivity contribution in [2.24, 2.45) is 5.92 Å². The van der Waals surface area contributed by atoms with Crippen LogP contribution >= 0.6 is 0 Å². The van der Waals surface area contributed by atoms with Gasteiger partial charge in [-0.15, -0.1) is 0 Å². The summed E-state index contributed by atoms with van der Waals surface area (Å²) >= 11 is 0. The molecule has 2 aliphatic carbocycles. The summed E-state index contributed by atoms with van der Waals surface area (Å²) in [6.45, 7) is 0. The van der Waals surface area contributed by atoms with Crippen molar-refractivity contribution in [1.29, 1.82) is 5.26 Å².